The zero-order valence-electron chi connectivity index (χ0n) is 12.9. The van der Waals surface area contributed by atoms with Gasteiger partial charge >= 0.3 is 0 Å². The van der Waals surface area contributed by atoms with E-state index in [-0.39, 0.29) is 0 Å². The number of piperidine rings is 1. The van der Waals surface area contributed by atoms with E-state index < -0.39 is 0 Å². The van der Waals surface area contributed by atoms with Crippen molar-refractivity contribution in [2.24, 2.45) is 11.8 Å². The number of nitrogens with zero attached hydrogens (tertiary/aromatic N) is 2. The second-order valence-electron chi connectivity index (χ2n) is 6.96. The Morgan fingerprint density at radius 2 is 1.52 bits per heavy atom. The lowest BCUT2D eigenvalue weighted by molar-refractivity contribution is 0.0283. The summed E-state index contributed by atoms with van der Waals surface area (Å²) in [5.74, 6) is 1.81. The monoisotopic (exact) mass is 285 g/mol. The molecule has 2 saturated heterocycles. The minimum Gasteiger partial charge on any atom is -0.369 e. The van der Waals surface area contributed by atoms with Crippen LogP contribution < -0.4 is 10.2 Å². The number of nitrogens with one attached hydrogen (secondary N) is 1. The minimum atomic E-state index is 0.859. The molecule has 3 aliphatic rings. The summed E-state index contributed by atoms with van der Waals surface area (Å²) in [5.41, 5.74) is 1.39. The Morgan fingerprint density at radius 1 is 0.857 bits per heavy atom. The average Bonchev–Trinajstić information content (AvgIpc) is 2.55. The minimum absolute atomic E-state index is 0.859. The summed E-state index contributed by atoms with van der Waals surface area (Å²) in [4.78, 5) is 5.36. The number of anilines is 1. The molecule has 1 N–H and O–H groups in total. The zero-order valence-corrected chi connectivity index (χ0v) is 12.9. The van der Waals surface area contributed by atoms with Gasteiger partial charge in [0.15, 0.2) is 0 Å². The van der Waals surface area contributed by atoms with Gasteiger partial charge in [-0.15, -0.1) is 0 Å². The molecule has 1 unspecified atom stereocenters. The van der Waals surface area contributed by atoms with Crippen LogP contribution in [0.25, 0.3) is 0 Å². The molecule has 2 aliphatic heterocycles. The maximum Gasteiger partial charge on any atom is 0.0367 e. The standard InChI is InChI=1S/C18H27N3/c1-2-7-17(8-3-1)20-9-11-21(12-10-20)18-15-5-4-6-16(18)14-19-13-15/h1-3,7-8,15-16,18-19H,4-6,9-14H2/t15-,16+,18?. The van der Waals surface area contributed by atoms with Crippen LogP contribution in [-0.2, 0) is 0 Å². The van der Waals surface area contributed by atoms with E-state index in [9.17, 15) is 0 Å². The molecule has 3 heteroatoms. The Labute approximate surface area is 128 Å². The first kappa shape index (κ1) is 13.6. The van der Waals surface area contributed by atoms with Crippen molar-refractivity contribution in [3.8, 4) is 0 Å². The number of piperazine rings is 1. The molecule has 3 fully saturated rings. The highest BCUT2D eigenvalue weighted by atomic mass is 15.3. The third kappa shape index (κ3) is 2.69. The molecule has 0 spiro atoms. The predicted molar refractivity (Wildman–Crippen MR) is 87.7 cm³/mol. The first-order valence-corrected chi connectivity index (χ1v) is 8.66. The molecule has 1 saturated carbocycles. The van der Waals surface area contributed by atoms with E-state index >= 15 is 0 Å². The topological polar surface area (TPSA) is 18.5 Å². The fourth-order valence-electron chi connectivity index (χ4n) is 4.78. The molecule has 0 radical (unpaired) electrons. The van der Waals surface area contributed by atoms with Gasteiger partial charge in [0.05, 0.1) is 0 Å². The van der Waals surface area contributed by atoms with E-state index in [2.05, 4.69) is 45.4 Å². The van der Waals surface area contributed by atoms with Crippen LogP contribution in [0.15, 0.2) is 30.3 Å². The van der Waals surface area contributed by atoms with Gasteiger partial charge in [0.2, 0.25) is 0 Å². The van der Waals surface area contributed by atoms with Gasteiger partial charge in [-0.3, -0.25) is 4.90 Å². The number of hydrogen-bond acceptors (Lipinski definition) is 3. The normalized spacial score (nSPS) is 33.9. The lowest BCUT2D eigenvalue weighted by atomic mass is 9.73. The fraction of sp³-hybridized carbons (Fsp3) is 0.667. The van der Waals surface area contributed by atoms with Crippen molar-refractivity contribution >= 4 is 5.69 Å². The number of benzene rings is 1. The summed E-state index contributed by atoms with van der Waals surface area (Å²) in [5, 5.41) is 3.65. The van der Waals surface area contributed by atoms with Gasteiger partial charge in [0.25, 0.3) is 0 Å². The van der Waals surface area contributed by atoms with E-state index in [1.54, 1.807) is 0 Å². The van der Waals surface area contributed by atoms with Crippen molar-refractivity contribution in [2.45, 2.75) is 25.3 Å². The van der Waals surface area contributed by atoms with Crippen LogP contribution in [0.5, 0.6) is 0 Å². The van der Waals surface area contributed by atoms with Crippen molar-refractivity contribution in [1.82, 2.24) is 10.2 Å². The lowest BCUT2D eigenvalue weighted by Crippen LogP contribution is -2.61. The highest BCUT2D eigenvalue weighted by molar-refractivity contribution is 5.46. The molecule has 1 aromatic carbocycles. The Bertz CT molecular complexity index is 431. The van der Waals surface area contributed by atoms with Crippen LogP contribution in [0.1, 0.15) is 19.3 Å². The first-order valence-electron chi connectivity index (χ1n) is 8.66. The van der Waals surface area contributed by atoms with Crippen LogP contribution in [0.2, 0.25) is 0 Å². The summed E-state index contributed by atoms with van der Waals surface area (Å²) in [6.45, 7) is 7.36. The van der Waals surface area contributed by atoms with Crippen molar-refractivity contribution in [1.29, 1.82) is 0 Å². The predicted octanol–water partition coefficient (Wildman–Crippen LogP) is 2.20. The van der Waals surface area contributed by atoms with E-state index in [4.69, 9.17) is 0 Å². The number of rotatable bonds is 2. The maximum atomic E-state index is 3.65. The van der Waals surface area contributed by atoms with E-state index in [0.717, 1.165) is 17.9 Å². The molecule has 0 aromatic heterocycles. The van der Waals surface area contributed by atoms with E-state index in [1.165, 1.54) is 64.2 Å². The summed E-state index contributed by atoms with van der Waals surface area (Å²) in [6, 6.07) is 11.8. The van der Waals surface area contributed by atoms with Crippen molar-refractivity contribution in [2.75, 3.05) is 44.2 Å². The van der Waals surface area contributed by atoms with Crippen LogP contribution in [0.3, 0.4) is 0 Å². The summed E-state index contributed by atoms with van der Waals surface area (Å²) in [7, 11) is 0. The molecule has 21 heavy (non-hydrogen) atoms. The van der Waals surface area contributed by atoms with Gasteiger partial charge in [-0.25, -0.2) is 0 Å². The Hall–Kier alpha value is -1.06. The molecule has 4 rings (SSSR count). The van der Waals surface area contributed by atoms with Gasteiger partial charge in [-0.05, 0) is 49.9 Å². The number of para-hydroxylation sites is 1. The second-order valence-corrected chi connectivity index (χ2v) is 6.96. The molecule has 0 amide bonds. The lowest BCUT2D eigenvalue weighted by Gasteiger charge is -2.51. The maximum absolute atomic E-state index is 3.65. The van der Waals surface area contributed by atoms with E-state index in [1.807, 2.05) is 0 Å². The molecule has 1 aromatic rings. The molecule has 3 nitrogen and oxygen atoms in total. The largest absolute Gasteiger partial charge is 0.369 e. The number of fused-ring (bicyclic) bond motifs is 2. The van der Waals surface area contributed by atoms with Gasteiger partial charge in [-0.1, -0.05) is 24.6 Å². The quantitative estimate of drug-likeness (QED) is 0.899. The highest BCUT2D eigenvalue weighted by Crippen LogP contribution is 2.35. The summed E-state index contributed by atoms with van der Waals surface area (Å²) < 4.78 is 0. The molecular weight excluding hydrogens is 258 g/mol. The molecular formula is C18H27N3. The number of hydrogen-bond donors (Lipinski definition) is 1. The Kier molecular flexibility index (Phi) is 3.87. The van der Waals surface area contributed by atoms with Crippen molar-refractivity contribution < 1.29 is 0 Å². The van der Waals surface area contributed by atoms with Gasteiger partial charge < -0.3 is 10.2 Å². The molecule has 3 atom stereocenters. The second kappa shape index (κ2) is 5.98. The van der Waals surface area contributed by atoms with Gasteiger partial charge in [0.1, 0.15) is 0 Å². The SMILES string of the molecule is c1ccc(N2CCN(C3[C@@H]4CCC[C@H]3CNC4)CC2)cc1. The Balaban J connectivity index is 1.41. The molecule has 1 aliphatic carbocycles. The molecule has 2 heterocycles. The van der Waals surface area contributed by atoms with Crippen molar-refractivity contribution in [3.63, 3.8) is 0 Å². The van der Waals surface area contributed by atoms with Crippen LogP contribution in [-0.4, -0.2) is 50.2 Å². The molecule has 2 bridgehead atoms. The van der Waals surface area contributed by atoms with Crippen LogP contribution in [0, 0.1) is 11.8 Å². The molecule has 114 valence electrons. The third-order valence-corrected chi connectivity index (χ3v) is 5.79. The van der Waals surface area contributed by atoms with Gasteiger partial charge in [-0.2, -0.15) is 0 Å². The average molecular weight is 285 g/mol. The summed E-state index contributed by atoms with van der Waals surface area (Å²) in [6.07, 6.45) is 4.33. The Morgan fingerprint density at radius 3 is 2.19 bits per heavy atom. The van der Waals surface area contributed by atoms with Crippen molar-refractivity contribution in [3.05, 3.63) is 30.3 Å². The van der Waals surface area contributed by atoms with Gasteiger partial charge in [0, 0.05) is 37.9 Å². The first-order chi connectivity index (χ1) is 10.4. The van der Waals surface area contributed by atoms with E-state index in [0.29, 0.717) is 0 Å². The summed E-state index contributed by atoms with van der Waals surface area (Å²) >= 11 is 0. The smallest absolute Gasteiger partial charge is 0.0367 e. The van der Waals surface area contributed by atoms with Crippen LogP contribution >= 0.6 is 0 Å². The van der Waals surface area contributed by atoms with Crippen LogP contribution in [0.4, 0.5) is 5.69 Å². The highest BCUT2D eigenvalue weighted by Gasteiger charge is 2.40. The fourth-order valence-corrected chi connectivity index (χ4v) is 4.78. The zero-order chi connectivity index (χ0) is 14.1. The third-order valence-electron chi connectivity index (χ3n) is 5.79.